The van der Waals surface area contributed by atoms with Gasteiger partial charge in [0.05, 0.1) is 26.4 Å². The van der Waals surface area contributed by atoms with Gasteiger partial charge in [0.1, 0.15) is 19.3 Å². The van der Waals surface area contributed by atoms with E-state index in [-0.39, 0.29) is 25.7 Å². The zero-order valence-electron chi connectivity index (χ0n) is 55.2. The van der Waals surface area contributed by atoms with Crippen molar-refractivity contribution in [2.45, 2.75) is 337 Å². The van der Waals surface area contributed by atoms with Crippen LogP contribution in [0.2, 0.25) is 0 Å². The van der Waals surface area contributed by atoms with Crippen LogP contribution in [0, 0.1) is 23.7 Å². The fraction of sp³-hybridized carbons (Fsp3) is 0.939. The number of esters is 4. The minimum Gasteiger partial charge on any atom is -0.462 e. The summed E-state index contributed by atoms with van der Waals surface area (Å²) in [5, 5.41) is 10.6. The van der Waals surface area contributed by atoms with Gasteiger partial charge < -0.3 is 33.8 Å². The molecule has 0 aromatic heterocycles. The highest BCUT2D eigenvalue weighted by molar-refractivity contribution is 7.47. The first kappa shape index (κ1) is 83.1. The molecule has 0 fully saturated rings. The monoisotopic (exact) mass is 1250 g/mol. The largest absolute Gasteiger partial charge is 0.472 e. The number of aliphatic hydroxyl groups is 1. The van der Waals surface area contributed by atoms with E-state index >= 15 is 0 Å². The Morgan fingerprint density at radius 2 is 0.565 bits per heavy atom. The van der Waals surface area contributed by atoms with E-state index in [1.54, 1.807) is 0 Å². The Morgan fingerprint density at radius 3 is 0.835 bits per heavy atom. The molecule has 0 aromatic carbocycles. The number of unbranched alkanes of at least 4 members (excludes halogenated alkanes) is 28. The summed E-state index contributed by atoms with van der Waals surface area (Å²) in [7, 11) is -9.89. The van der Waals surface area contributed by atoms with Crippen molar-refractivity contribution in [3.63, 3.8) is 0 Å². The van der Waals surface area contributed by atoms with Gasteiger partial charge in [-0.2, -0.15) is 0 Å². The van der Waals surface area contributed by atoms with Crippen LogP contribution >= 0.6 is 15.6 Å². The summed E-state index contributed by atoms with van der Waals surface area (Å²) in [4.78, 5) is 72.3. The maximum absolute atomic E-state index is 13.0. The lowest BCUT2D eigenvalue weighted by Crippen LogP contribution is -2.30. The summed E-state index contributed by atoms with van der Waals surface area (Å²) in [5.74, 6) is 0.794. The van der Waals surface area contributed by atoms with Crippen molar-refractivity contribution in [3.05, 3.63) is 0 Å². The molecule has 3 N–H and O–H groups in total. The molecule has 0 heterocycles. The van der Waals surface area contributed by atoms with Crippen molar-refractivity contribution in [1.29, 1.82) is 0 Å². The van der Waals surface area contributed by atoms with Crippen molar-refractivity contribution in [2.75, 3.05) is 39.6 Å². The molecular formula is C66H128O17P2. The number of hydrogen-bond donors (Lipinski definition) is 3. The summed E-state index contributed by atoms with van der Waals surface area (Å²) in [6.45, 7) is 14.0. The number of phosphoric acid groups is 2. The first-order valence-corrected chi connectivity index (χ1v) is 37.2. The third kappa shape index (κ3) is 59.5. The highest BCUT2D eigenvalue weighted by Crippen LogP contribution is 2.45. The van der Waals surface area contributed by atoms with E-state index in [4.69, 9.17) is 37.0 Å². The molecule has 0 aliphatic carbocycles. The Labute approximate surface area is 517 Å². The molecule has 0 aliphatic heterocycles. The Balaban J connectivity index is 5.26. The normalized spacial score (nSPS) is 14.7. The number of rotatable bonds is 63. The smallest absolute Gasteiger partial charge is 0.462 e. The van der Waals surface area contributed by atoms with Crippen molar-refractivity contribution >= 4 is 39.5 Å². The number of carbonyl (C=O) groups excluding carboxylic acids is 4. The minimum atomic E-state index is -4.95. The summed E-state index contributed by atoms with van der Waals surface area (Å²) in [5.41, 5.74) is 0. The first-order chi connectivity index (χ1) is 40.6. The summed E-state index contributed by atoms with van der Waals surface area (Å²) in [6, 6.07) is 0. The lowest BCUT2D eigenvalue weighted by atomic mass is 9.99. The molecule has 0 bridgehead atoms. The summed E-state index contributed by atoms with van der Waals surface area (Å²) in [6.07, 6.45) is 36.3. The fourth-order valence-corrected chi connectivity index (χ4v) is 11.3. The molecule has 0 spiro atoms. The van der Waals surface area contributed by atoms with E-state index in [1.807, 2.05) is 0 Å². The standard InChI is InChI=1S/C66H128O17P2/c1-9-59(8)45-37-29-21-14-15-23-33-41-49-66(71)83-62(53-77-64(69)47-39-31-25-17-20-28-36-44-58(6)7)55-81-85(74,75)79-51-60(67)50-78-84(72,73)80-54-61(52-76-63(68)46-38-30-24-16-19-27-35-43-57(4)5)82-65(70)48-40-32-22-13-11-10-12-18-26-34-42-56(2)3/h56-62,67H,9-55H2,1-8H3,(H,72,73)(H,74,75)/t59?,60?,61-,62-/m1/s1. The van der Waals surface area contributed by atoms with Gasteiger partial charge in [0, 0.05) is 25.7 Å². The van der Waals surface area contributed by atoms with E-state index in [2.05, 4.69) is 55.4 Å². The van der Waals surface area contributed by atoms with Gasteiger partial charge in [0.15, 0.2) is 12.2 Å². The van der Waals surface area contributed by atoms with Crippen molar-refractivity contribution in [3.8, 4) is 0 Å². The number of hydrogen-bond acceptors (Lipinski definition) is 15. The van der Waals surface area contributed by atoms with E-state index in [1.165, 1.54) is 109 Å². The number of ether oxygens (including phenoxy) is 4. The quantitative estimate of drug-likeness (QED) is 0.0222. The molecule has 17 nitrogen and oxygen atoms in total. The van der Waals surface area contributed by atoms with Crippen LogP contribution < -0.4 is 0 Å². The minimum absolute atomic E-state index is 0.103. The average Bonchev–Trinajstić information content (AvgIpc) is 3.59. The number of aliphatic hydroxyl groups excluding tert-OH is 1. The molecule has 19 heteroatoms. The second-order valence-electron chi connectivity index (χ2n) is 25.5. The van der Waals surface area contributed by atoms with Gasteiger partial charge >= 0.3 is 39.5 Å². The second kappa shape index (κ2) is 56.1. The third-order valence-corrected chi connectivity index (χ3v) is 17.3. The molecule has 0 saturated heterocycles. The molecule has 0 amide bonds. The Hall–Kier alpha value is -1.94. The maximum Gasteiger partial charge on any atom is 0.472 e. The lowest BCUT2D eigenvalue weighted by Gasteiger charge is -2.21. The SMILES string of the molecule is CCC(C)CCCCCCCCCCC(=O)O[C@H](COC(=O)CCCCCCCCCC(C)C)COP(=O)(O)OCC(O)COP(=O)(O)OC[C@@H](COC(=O)CCCCCCCCCC(C)C)OC(=O)CCCCCCCCCCCCC(C)C. The van der Waals surface area contributed by atoms with Gasteiger partial charge in [0.25, 0.3) is 0 Å². The maximum atomic E-state index is 13.0. The molecule has 0 saturated carbocycles. The first-order valence-electron chi connectivity index (χ1n) is 34.2. The Kier molecular flexibility index (Phi) is 54.8. The number of carbonyl (C=O) groups is 4. The fourth-order valence-electron chi connectivity index (χ4n) is 9.75. The van der Waals surface area contributed by atoms with Crippen LogP contribution in [0.1, 0.15) is 319 Å². The molecule has 504 valence electrons. The summed E-state index contributed by atoms with van der Waals surface area (Å²) >= 11 is 0. The van der Waals surface area contributed by atoms with Gasteiger partial charge in [-0.1, -0.05) is 267 Å². The predicted molar refractivity (Wildman–Crippen MR) is 340 cm³/mol. The van der Waals surface area contributed by atoms with Crippen LogP contribution in [0.3, 0.4) is 0 Å². The van der Waals surface area contributed by atoms with Crippen molar-refractivity contribution < 1.29 is 80.2 Å². The van der Waals surface area contributed by atoms with Crippen LogP contribution in [-0.2, 0) is 65.4 Å². The molecule has 0 aromatic rings. The molecule has 0 rings (SSSR count). The topological polar surface area (TPSA) is 237 Å². The van der Waals surface area contributed by atoms with Crippen LogP contribution in [0.4, 0.5) is 0 Å². The van der Waals surface area contributed by atoms with Gasteiger partial charge in [-0.3, -0.25) is 37.3 Å². The van der Waals surface area contributed by atoms with Crippen molar-refractivity contribution in [2.24, 2.45) is 23.7 Å². The van der Waals surface area contributed by atoms with E-state index < -0.39 is 97.5 Å². The molecule has 6 atom stereocenters. The lowest BCUT2D eigenvalue weighted by molar-refractivity contribution is -0.161. The second-order valence-corrected chi connectivity index (χ2v) is 28.4. The van der Waals surface area contributed by atoms with Gasteiger partial charge in [-0.05, 0) is 49.4 Å². The summed E-state index contributed by atoms with van der Waals surface area (Å²) < 4.78 is 68.1. The van der Waals surface area contributed by atoms with E-state index in [9.17, 15) is 43.2 Å². The van der Waals surface area contributed by atoms with Crippen LogP contribution in [-0.4, -0.2) is 96.7 Å². The van der Waals surface area contributed by atoms with Gasteiger partial charge in [0.2, 0.25) is 0 Å². The molecule has 0 radical (unpaired) electrons. The molecule has 85 heavy (non-hydrogen) atoms. The zero-order chi connectivity index (χ0) is 63.2. The van der Waals surface area contributed by atoms with Gasteiger partial charge in [-0.25, -0.2) is 9.13 Å². The average molecular weight is 1260 g/mol. The molecule has 4 unspecified atom stereocenters. The van der Waals surface area contributed by atoms with E-state index in [0.29, 0.717) is 37.5 Å². The zero-order valence-corrected chi connectivity index (χ0v) is 57.0. The highest BCUT2D eigenvalue weighted by atomic mass is 31.2. The predicted octanol–water partition coefficient (Wildman–Crippen LogP) is 18.1. The van der Waals surface area contributed by atoms with Crippen LogP contribution in [0.25, 0.3) is 0 Å². The van der Waals surface area contributed by atoms with E-state index in [0.717, 1.165) is 115 Å². The van der Waals surface area contributed by atoms with Crippen molar-refractivity contribution in [1.82, 2.24) is 0 Å². The van der Waals surface area contributed by atoms with Gasteiger partial charge in [-0.15, -0.1) is 0 Å². The molecule has 0 aliphatic rings. The Morgan fingerprint density at radius 1 is 0.329 bits per heavy atom. The van der Waals surface area contributed by atoms with Crippen LogP contribution in [0.15, 0.2) is 0 Å². The number of phosphoric ester groups is 2. The third-order valence-electron chi connectivity index (χ3n) is 15.4. The highest BCUT2D eigenvalue weighted by Gasteiger charge is 2.30. The van der Waals surface area contributed by atoms with Crippen LogP contribution in [0.5, 0.6) is 0 Å². The Bertz CT molecular complexity index is 1700. The molecular weight excluding hydrogens is 1130 g/mol.